The van der Waals surface area contributed by atoms with Crippen LogP contribution in [-0.2, 0) is 9.59 Å². The van der Waals surface area contributed by atoms with Gasteiger partial charge in [0.15, 0.2) is 0 Å². The minimum atomic E-state index is -0.750. The fourth-order valence-corrected chi connectivity index (χ4v) is 3.02. The van der Waals surface area contributed by atoms with Gasteiger partial charge < -0.3 is 10.2 Å². The maximum absolute atomic E-state index is 12.6. The van der Waals surface area contributed by atoms with Crippen molar-refractivity contribution in [1.29, 1.82) is 0 Å². The largest absolute Gasteiger partial charge is 0.340 e. The summed E-state index contributed by atoms with van der Waals surface area (Å²) in [6.07, 6.45) is 4.54. The van der Waals surface area contributed by atoms with Gasteiger partial charge in [0.2, 0.25) is 11.8 Å². The zero-order chi connectivity index (χ0) is 13.1. The molecule has 100 valence electrons. The Balaban J connectivity index is 1.94. The van der Waals surface area contributed by atoms with Gasteiger partial charge in [0.25, 0.3) is 0 Å². The Labute approximate surface area is 108 Å². The number of amides is 2. The molecule has 1 saturated heterocycles. The van der Waals surface area contributed by atoms with E-state index in [1.54, 1.807) is 13.8 Å². The van der Waals surface area contributed by atoms with Crippen molar-refractivity contribution in [3.8, 4) is 0 Å². The summed E-state index contributed by atoms with van der Waals surface area (Å²) < 4.78 is 0. The van der Waals surface area contributed by atoms with Crippen LogP contribution in [0.5, 0.6) is 0 Å². The highest BCUT2D eigenvalue weighted by Crippen LogP contribution is 2.47. The minimum absolute atomic E-state index is 0.0373. The van der Waals surface area contributed by atoms with Gasteiger partial charge in [-0.25, -0.2) is 0 Å². The maximum atomic E-state index is 12.6. The van der Waals surface area contributed by atoms with Gasteiger partial charge in [-0.3, -0.25) is 9.59 Å². The van der Waals surface area contributed by atoms with Crippen LogP contribution in [-0.4, -0.2) is 34.3 Å². The van der Waals surface area contributed by atoms with Crippen LogP contribution in [0.25, 0.3) is 0 Å². The Hall–Kier alpha value is -1.06. The summed E-state index contributed by atoms with van der Waals surface area (Å²) in [7, 11) is 0. The molecule has 3 fully saturated rings. The average Bonchev–Trinajstić information content (AvgIpc) is 3.14. The Kier molecular flexibility index (Phi) is 2.32. The molecule has 1 unspecified atom stereocenters. The van der Waals surface area contributed by atoms with E-state index in [0.29, 0.717) is 11.8 Å². The van der Waals surface area contributed by atoms with Gasteiger partial charge in [-0.05, 0) is 58.3 Å². The van der Waals surface area contributed by atoms with E-state index in [1.165, 1.54) is 12.8 Å². The molecule has 2 saturated carbocycles. The lowest BCUT2D eigenvalue weighted by atomic mass is 9.84. The van der Waals surface area contributed by atoms with Crippen LogP contribution in [0.4, 0.5) is 0 Å². The normalized spacial score (nSPS) is 35.6. The van der Waals surface area contributed by atoms with Gasteiger partial charge in [0.05, 0.1) is 0 Å². The molecule has 1 atom stereocenters. The Morgan fingerprint density at radius 2 is 1.78 bits per heavy atom. The second kappa shape index (κ2) is 3.49. The lowest BCUT2D eigenvalue weighted by Gasteiger charge is -2.49. The molecule has 0 radical (unpaired) electrons. The van der Waals surface area contributed by atoms with E-state index in [-0.39, 0.29) is 11.8 Å². The van der Waals surface area contributed by atoms with Crippen molar-refractivity contribution >= 4 is 11.8 Å². The SMILES string of the molecule is CC1(C)NC(=O)C(C)(C2CC2)N(CC2CC2)C1=O. The molecule has 0 spiro atoms. The zero-order valence-electron chi connectivity index (χ0n) is 11.5. The van der Waals surface area contributed by atoms with Crippen LogP contribution in [0.1, 0.15) is 46.5 Å². The highest BCUT2D eigenvalue weighted by Gasteiger charge is 2.59. The van der Waals surface area contributed by atoms with E-state index in [4.69, 9.17) is 0 Å². The second-order valence-electron chi connectivity index (χ2n) is 6.86. The molecule has 0 aromatic carbocycles. The van der Waals surface area contributed by atoms with E-state index >= 15 is 0 Å². The minimum Gasteiger partial charge on any atom is -0.340 e. The average molecular weight is 250 g/mol. The van der Waals surface area contributed by atoms with Crippen molar-refractivity contribution in [2.75, 3.05) is 6.54 Å². The summed E-state index contributed by atoms with van der Waals surface area (Å²) in [5, 5.41) is 2.91. The molecule has 2 amide bonds. The Morgan fingerprint density at radius 1 is 1.17 bits per heavy atom. The molecule has 1 aliphatic heterocycles. The summed E-state index contributed by atoms with van der Waals surface area (Å²) in [6, 6.07) is 0. The van der Waals surface area contributed by atoms with Crippen molar-refractivity contribution in [2.45, 2.75) is 57.5 Å². The number of nitrogens with one attached hydrogen (secondary N) is 1. The first-order valence-corrected chi connectivity index (χ1v) is 7.00. The molecule has 1 heterocycles. The lowest BCUT2D eigenvalue weighted by Crippen LogP contribution is -2.74. The number of carbonyl (C=O) groups excluding carboxylic acids is 2. The molecular weight excluding hydrogens is 228 g/mol. The Morgan fingerprint density at radius 3 is 2.28 bits per heavy atom. The monoisotopic (exact) mass is 250 g/mol. The predicted molar refractivity (Wildman–Crippen MR) is 67.8 cm³/mol. The number of piperazine rings is 1. The third-order valence-electron chi connectivity index (χ3n) is 4.74. The van der Waals surface area contributed by atoms with Crippen LogP contribution in [0.3, 0.4) is 0 Å². The number of rotatable bonds is 3. The molecule has 2 aliphatic carbocycles. The molecule has 3 aliphatic rings. The van der Waals surface area contributed by atoms with Crippen LogP contribution < -0.4 is 5.32 Å². The summed E-state index contributed by atoms with van der Waals surface area (Å²) in [5.74, 6) is 1.10. The second-order valence-corrected chi connectivity index (χ2v) is 6.86. The molecule has 4 nitrogen and oxygen atoms in total. The fourth-order valence-electron chi connectivity index (χ4n) is 3.02. The molecule has 0 aromatic rings. The molecule has 0 aromatic heterocycles. The van der Waals surface area contributed by atoms with Gasteiger partial charge >= 0.3 is 0 Å². The third kappa shape index (κ3) is 1.65. The standard InChI is InChI=1S/C14H22N2O2/c1-13(2)12(18)16(8-9-4-5-9)14(3,10-6-7-10)11(17)15-13/h9-10H,4-8H2,1-3H3,(H,15,17). The molecule has 0 bridgehead atoms. The molecule has 3 rings (SSSR count). The number of hydrogen-bond acceptors (Lipinski definition) is 2. The summed E-state index contributed by atoms with van der Waals surface area (Å²) in [5.41, 5.74) is -1.35. The van der Waals surface area contributed by atoms with Gasteiger partial charge in [-0.15, -0.1) is 0 Å². The highest BCUT2D eigenvalue weighted by atomic mass is 16.2. The predicted octanol–water partition coefficient (Wildman–Crippen LogP) is 1.30. The van der Waals surface area contributed by atoms with Crippen LogP contribution in [0.2, 0.25) is 0 Å². The molecule has 4 heteroatoms. The van der Waals surface area contributed by atoms with E-state index < -0.39 is 11.1 Å². The van der Waals surface area contributed by atoms with E-state index in [9.17, 15) is 9.59 Å². The number of nitrogens with zero attached hydrogens (tertiary/aromatic N) is 1. The number of carbonyl (C=O) groups is 2. The van der Waals surface area contributed by atoms with Crippen molar-refractivity contribution in [3.05, 3.63) is 0 Å². The highest BCUT2D eigenvalue weighted by molar-refractivity contribution is 6.02. The van der Waals surface area contributed by atoms with E-state index in [0.717, 1.165) is 19.4 Å². The van der Waals surface area contributed by atoms with Crippen molar-refractivity contribution in [1.82, 2.24) is 10.2 Å². The third-order valence-corrected chi connectivity index (χ3v) is 4.74. The van der Waals surface area contributed by atoms with Crippen LogP contribution in [0.15, 0.2) is 0 Å². The quantitative estimate of drug-likeness (QED) is 0.821. The maximum Gasteiger partial charge on any atom is 0.248 e. The Bertz CT molecular complexity index is 410. The van der Waals surface area contributed by atoms with Crippen molar-refractivity contribution in [3.63, 3.8) is 0 Å². The van der Waals surface area contributed by atoms with E-state index in [1.807, 2.05) is 11.8 Å². The first-order chi connectivity index (χ1) is 8.35. The van der Waals surface area contributed by atoms with Crippen LogP contribution >= 0.6 is 0 Å². The van der Waals surface area contributed by atoms with Crippen molar-refractivity contribution in [2.24, 2.45) is 11.8 Å². The van der Waals surface area contributed by atoms with Gasteiger partial charge in [-0.1, -0.05) is 0 Å². The first kappa shape index (κ1) is 12.0. The smallest absolute Gasteiger partial charge is 0.248 e. The fraction of sp³-hybridized carbons (Fsp3) is 0.857. The topological polar surface area (TPSA) is 49.4 Å². The zero-order valence-corrected chi connectivity index (χ0v) is 11.5. The molecular formula is C14H22N2O2. The summed E-state index contributed by atoms with van der Waals surface area (Å²) >= 11 is 0. The number of hydrogen-bond donors (Lipinski definition) is 1. The first-order valence-electron chi connectivity index (χ1n) is 7.00. The van der Waals surface area contributed by atoms with E-state index in [2.05, 4.69) is 5.32 Å². The summed E-state index contributed by atoms with van der Waals surface area (Å²) in [6.45, 7) is 6.33. The van der Waals surface area contributed by atoms with Gasteiger partial charge in [-0.2, -0.15) is 0 Å². The van der Waals surface area contributed by atoms with Crippen LogP contribution in [0, 0.1) is 11.8 Å². The molecule has 1 N–H and O–H groups in total. The van der Waals surface area contributed by atoms with Gasteiger partial charge in [0, 0.05) is 6.54 Å². The van der Waals surface area contributed by atoms with Gasteiger partial charge in [0.1, 0.15) is 11.1 Å². The van der Waals surface area contributed by atoms with Crippen molar-refractivity contribution < 1.29 is 9.59 Å². The molecule has 18 heavy (non-hydrogen) atoms. The summed E-state index contributed by atoms with van der Waals surface area (Å²) in [4.78, 5) is 27.0. The lowest BCUT2D eigenvalue weighted by molar-refractivity contribution is -0.162.